The number of primary amides is 1. The van der Waals surface area contributed by atoms with E-state index in [1.807, 2.05) is 0 Å². The Labute approximate surface area is 184 Å². The van der Waals surface area contributed by atoms with Crippen LogP contribution in [-0.2, 0) is 6.18 Å². The van der Waals surface area contributed by atoms with Crippen LogP contribution in [-0.4, -0.2) is 33.5 Å². The number of aromatic nitrogens is 2. The van der Waals surface area contributed by atoms with E-state index in [9.17, 15) is 18.0 Å². The molecule has 2 aliphatic carbocycles. The fraction of sp³-hybridized carbons (Fsp3) is 0.500. The lowest BCUT2D eigenvalue weighted by Crippen LogP contribution is -2.43. The standard InChI is InChI=1S/C22H27F3N6O/c1-12(13-2-3-13)28-16-8-9-19(18(26)10-16)31-11-17(20(27)32)21(30-31)29-15-6-4-14(5-7-15)22(23,24)25/h4-7,11-13,16,19,26,28H,2-3,8-10H2,1H3,(H2,27,32)(H,29,30)/t12-,16?,19-/m0/s1. The van der Waals surface area contributed by atoms with Gasteiger partial charge >= 0.3 is 6.18 Å². The first kappa shape index (κ1) is 22.3. The number of amides is 1. The molecule has 2 saturated carbocycles. The summed E-state index contributed by atoms with van der Waals surface area (Å²) in [5, 5.41) is 19.5. The molecule has 7 nitrogen and oxygen atoms in total. The van der Waals surface area contributed by atoms with Crippen molar-refractivity contribution in [3.63, 3.8) is 0 Å². The van der Waals surface area contributed by atoms with Crippen molar-refractivity contribution in [2.75, 3.05) is 5.32 Å². The number of nitrogens with two attached hydrogens (primary N) is 1. The van der Waals surface area contributed by atoms with Crippen molar-refractivity contribution < 1.29 is 18.0 Å². The van der Waals surface area contributed by atoms with Gasteiger partial charge in [0.2, 0.25) is 0 Å². The minimum absolute atomic E-state index is 0.125. The monoisotopic (exact) mass is 448 g/mol. The van der Waals surface area contributed by atoms with Gasteiger partial charge in [-0.2, -0.15) is 18.3 Å². The lowest BCUT2D eigenvalue weighted by Gasteiger charge is -2.32. The van der Waals surface area contributed by atoms with Gasteiger partial charge in [-0.3, -0.25) is 9.48 Å². The van der Waals surface area contributed by atoms with Crippen molar-refractivity contribution in [1.82, 2.24) is 15.1 Å². The van der Waals surface area contributed by atoms with E-state index in [4.69, 9.17) is 11.1 Å². The molecule has 172 valence electrons. The molecule has 0 aliphatic heterocycles. The molecule has 1 unspecified atom stereocenters. The second-order valence-corrected chi connectivity index (χ2v) is 8.75. The molecular weight excluding hydrogens is 421 g/mol. The third-order valence-corrected chi connectivity index (χ3v) is 6.28. The zero-order chi connectivity index (χ0) is 23.0. The molecule has 2 aliphatic rings. The van der Waals surface area contributed by atoms with Gasteiger partial charge in [-0.05, 0) is 62.8 Å². The van der Waals surface area contributed by atoms with Gasteiger partial charge < -0.3 is 21.8 Å². The fourth-order valence-corrected chi connectivity index (χ4v) is 4.28. The summed E-state index contributed by atoms with van der Waals surface area (Å²) in [6, 6.07) is 4.87. The van der Waals surface area contributed by atoms with Crippen molar-refractivity contribution in [2.45, 2.75) is 63.3 Å². The lowest BCUT2D eigenvalue weighted by atomic mass is 9.89. The van der Waals surface area contributed by atoms with Gasteiger partial charge in [0.05, 0.1) is 11.6 Å². The molecule has 10 heteroatoms. The van der Waals surface area contributed by atoms with Crippen LogP contribution in [0.4, 0.5) is 24.7 Å². The highest BCUT2D eigenvalue weighted by Gasteiger charge is 2.33. The first-order chi connectivity index (χ1) is 15.1. The van der Waals surface area contributed by atoms with E-state index in [1.54, 1.807) is 4.68 Å². The molecule has 5 N–H and O–H groups in total. The number of nitrogens with zero attached hydrogens (tertiary/aromatic N) is 2. The average Bonchev–Trinajstić information content (AvgIpc) is 3.49. The van der Waals surface area contributed by atoms with Crippen LogP contribution in [0.3, 0.4) is 0 Å². The SMILES string of the molecule is C[C@H](NC1CC[C@H](n2cc(C(N)=O)c(Nc3ccc(C(F)(F)F)cc3)n2)C(=N)C1)C1CC1. The van der Waals surface area contributed by atoms with Crippen molar-refractivity contribution in [3.8, 4) is 0 Å². The van der Waals surface area contributed by atoms with Crippen LogP contribution in [0, 0.1) is 11.3 Å². The number of alkyl halides is 3. The van der Waals surface area contributed by atoms with Gasteiger partial charge in [-0.15, -0.1) is 0 Å². The number of hydrogen-bond donors (Lipinski definition) is 4. The Bertz CT molecular complexity index is 996. The molecule has 2 aromatic rings. The number of carbonyl (C=O) groups is 1. The summed E-state index contributed by atoms with van der Waals surface area (Å²) in [7, 11) is 0. The fourth-order valence-electron chi connectivity index (χ4n) is 4.28. The maximum absolute atomic E-state index is 12.8. The molecule has 0 radical (unpaired) electrons. The largest absolute Gasteiger partial charge is 0.416 e. The highest BCUT2D eigenvalue weighted by atomic mass is 19.4. The Morgan fingerprint density at radius 2 is 1.91 bits per heavy atom. The predicted molar refractivity (Wildman–Crippen MR) is 115 cm³/mol. The molecule has 1 aromatic heterocycles. The van der Waals surface area contributed by atoms with Gasteiger partial charge in [0.25, 0.3) is 5.91 Å². The van der Waals surface area contributed by atoms with E-state index >= 15 is 0 Å². The van der Waals surface area contributed by atoms with Crippen molar-refractivity contribution in [2.24, 2.45) is 11.7 Å². The quantitative estimate of drug-likeness (QED) is 0.508. The smallest absolute Gasteiger partial charge is 0.365 e. The van der Waals surface area contributed by atoms with Gasteiger partial charge in [0.15, 0.2) is 5.82 Å². The highest BCUT2D eigenvalue weighted by molar-refractivity contribution is 5.98. The van der Waals surface area contributed by atoms with Gasteiger partial charge in [-0.1, -0.05) is 0 Å². The molecular formula is C22H27F3N6O. The maximum atomic E-state index is 12.8. The molecule has 2 fully saturated rings. The minimum Gasteiger partial charge on any atom is -0.365 e. The summed E-state index contributed by atoms with van der Waals surface area (Å²) in [4.78, 5) is 11.9. The van der Waals surface area contributed by atoms with E-state index in [-0.39, 0.29) is 23.5 Å². The van der Waals surface area contributed by atoms with Crippen molar-refractivity contribution in [1.29, 1.82) is 5.41 Å². The molecule has 0 bridgehead atoms. The molecule has 1 aromatic carbocycles. The highest BCUT2D eigenvalue weighted by Crippen LogP contribution is 2.34. The van der Waals surface area contributed by atoms with Crippen molar-refractivity contribution in [3.05, 3.63) is 41.6 Å². The molecule has 1 heterocycles. The van der Waals surface area contributed by atoms with Crippen LogP contribution in [0.1, 0.15) is 61.0 Å². The second kappa shape index (κ2) is 8.57. The zero-order valence-corrected chi connectivity index (χ0v) is 17.7. The topological polar surface area (TPSA) is 109 Å². The second-order valence-electron chi connectivity index (χ2n) is 8.75. The first-order valence-corrected chi connectivity index (χ1v) is 10.8. The van der Waals surface area contributed by atoms with Gasteiger partial charge in [0.1, 0.15) is 5.56 Å². The summed E-state index contributed by atoms with van der Waals surface area (Å²) in [5.74, 6) is 0.198. The van der Waals surface area contributed by atoms with Crippen molar-refractivity contribution >= 4 is 23.1 Å². The molecule has 0 spiro atoms. The third-order valence-electron chi connectivity index (χ3n) is 6.28. The Hall–Kier alpha value is -2.88. The van der Waals surface area contributed by atoms with Crippen LogP contribution < -0.4 is 16.4 Å². The molecule has 3 atom stereocenters. The van der Waals surface area contributed by atoms with Gasteiger partial charge in [-0.25, -0.2) is 0 Å². The lowest BCUT2D eigenvalue weighted by molar-refractivity contribution is -0.137. The Balaban J connectivity index is 1.47. The number of nitrogens with one attached hydrogen (secondary N) is 3. The molecule has 4 rings (SSSR count). The number of anilines is 2. The molecule has 0 saturated heterocycles. The number of hydrogen-bond acceptors (Lipinski definition) is 5. The molecule has 32 heavy (non-hydrogen) atoms. The predicted octanol–water partition coefficient (Wildman–Crippen LogP) is 4.25. The van der Waals surface area contributed by atoms with Gasteiger partial charge in [0, 0.05) is 36.1 Å². The van der Waals surface area contributed by atoms with Crippen LogP contribution in [0.5, 0.6) is 0 Å². The summed E-state index contributed by atoms with van der Waals surface area (Å²) >= 11 is 0. The summed E-state index contributed by atoms with van der Waals surface area (Å²) in [6.07, 6.45) is 1.80. The van der Waals surface area contributed by atoms with Crippen LogP contribution in [0.15, 0.2) is 30.5 Å². The summed E-state index contributed by atoms with van der Waals surface area (Å²) in [6.45, 7) is 2.19. The zero-order valence-electron chi connectivity index (χ0n) is 17.7. The number of carbonyl (C=O) groups excluding carboxylic acids is 1. The van der Waals surface area contributed by atoms with E-state index in [0.29, 0.717) is 30.3 Å². The average molecular weight is 448 g/mol. The third kappa shape index (κ3) is 4.95. The van der Waals surface area contributed by atoms with Crippen LogP contribution >= 0.6 is 0 Å². The van der Waals surface area contributed by atoms with E-state index in [0.717, 1.165) is 24.5 Å². The maximum Gasteiger partial charge on any atom is 0.416 e. The number of halogens is 3. The van der Waals surface area contributed by atoms with Crippen LogP contribution in [0.25, 0.3) is 0 Å². The van der Waals surface area contributed by atoms with E-state index in [1.165, 1.54) is 31.2 Å². The normalized spacial score (nSPS) is 22.6. The Kier molecular flexibility index (Phi) is 5.98. The summed E-state index contributed by atoms with van der Waals surface area (Å²) < 4.78 is 39.9. The minimum atomic E-state index is -4.43. The van der Waals surface area contributed by atoms with Crippen LogP contribution in [0.2, 0.25) is 0 Å². The number of benzene rings is 1. The number of rotatable bonds is 7. The Morgan fingerprint density at radius 1 is 1.22 bits per heavy atom. The van der Waals surface area contributed by atoms with E-state index in [2.05, 4.69) is 22.7 Å². The molecule has 1 amide bonds. The van der Waals surface area contributed by atoms with E-state index < -0.39 is 17.6 Å². The first-order valence-electron chi connectivity index (χ1n) is 10.8. The summed E-state index contributed by atoms with van der Waals surface area (Å²) in [5.41, 5.74) is 5.73. The Morgan fingerprint density at radius 3 is 2.47 bits per heavy atom.